The quantitative estimate of drug-likeness (QED) is 0.857. The van der Waals surface area contributed by atoms with Gasteiger partial charge in [-0.15, -0.1) is 0 Å². The SMILES string of the molecule is NCCc1[nH]c(=S)n2c1[C@@H]1C[C@]1(c1cc(F)cc(F)c1)C2. The first-order valence-electron chi connectivity index (χ1n) is 7.03. The van der Waals surface area contributed by atoms with Crippen LogP contribution in [0.3, 0.4) is 0 Å². The molecule has 0 spiro atoms. The van der Waals surface area contributed by atoms with E-state index in [1.807, 2.05) is 0 Å². The van der Waals surface area contributed by atoms with Crippen molar-refractivity contribution in [2.45, 2.75) is 30.7 Å². The van der Waals surface area contributed by atoms with Crippen LogP contribution in [0.1, 0.15) is 29.3 Å². The lowest BCUT2D eigenvalue weighted by Gasteiger charge is -2.13. The first-order chi connectivity index (χ1) is 10.0. The van der Waals surface area contributed by atoms with E-state index in [2.05, 4.69) is 9.55 Å². The molecular weight excluding hydrogens is 292 g/mol. The highest BCUT2D eigenvalue weighted by molar-refractivity contribution is 7.71. The van der Waals surface area contributed by atoms with E-state index in [0.717, 1.165) is 30.2 Å². The monoisotopic (exact) mass is 307 g/mol. The van der Waals surface area contributed by atoms with E-state index in [-0.39, 0.29) is 11.3 Å². The van der Waals surface area contributed by atoms with Crippen LogP contribution in [0.15, 0.2) is 18.2 Å². The zero-order valence-electron chi connectivity index (χ0n) is 11.3. The van der Waals surface area contributed by atoms with Gasteiger partial charge < -0.3 is 15.3 Å². The third-order valence-electron chi connectivity index (χ3n) is 4.78. The summed E-state index contributed by atoms with van der Waals surface area (Å²) in [5.41, 5.74) is 8.44. The Balaban J connectivity index is 1.79. The third-order valence-corrected chi connectivity index (χ3v) is 5.10. The predicted molar refractivity (Wildman–Crippen MR) is 77.8 cm³/mol. The summed E-state index contributed by atoms with van der Waals surface area (Å²) in [5.74, 6) is -0.754. The van der Waals surface area contributed by atoms with E-state index >= 15 is 0 Å². The zero-order chi connectivity index (χ0) is 14.8. The van der Waals surface area contributed by atoms with Gasteiger partial charge in [-0.2, -0.15) is 0 Å². The Morgan fingerprint density at radius 2 is 2.05 bits per heavy atom. The van der Waals surface area contributed by atoms with Gasteiger partial charge in [-0.25, -0.2) is 8.78 Å². The average Bonchev–Trinajstić information content (AvgIpc) is 2.92. The van der Waals surface area contributed by atoms with Crippen LogP contribution >= 0.6 is 12.2 Å². The van der Waals surface area contributed by atoms with Gasteiger partial charge in [-0.1, -0.05) is 0 Å². The van der Waals surface area contributed by atoms with Crippen molar-refractivity contribution < 1.29 is 8.78 Å². The van der Waals surface area contributed by atoms with Gasteiger partial charge in [0.2, 0.25) is 0 Å². The smallest absolute Gasteiger partial charge is 0.177 e. The fourth-order valence-corrected chi connectivity index (χ4v) is 4.08. The van der Waals surface area contributed by atoms with Crippen LogP contribution in [0.5, 0.6) is 0 Å². The number of nitrogens with two attached hydrogens (primary N) is 1. The van der Waals surface area contributed by atoms with E-state index in [0.29, 0.717) is 17.9 Å². The van der Waals surface area contributed by atoms with Gasteiger partial charge in [0, 0.05) is 41.8 Å². The molecule has 4 rings (SSSR count). The molecule has 0 amide bonds. The highest BCUT2D eigenvalue weighted by Crippen LogP contribution is 2.66. The molecule has 0 saturated heterocycles. The fraction of sp³-hybridized carbons (Fsp3) is 0.400. The molecule has 1 fully saturated rings. The molecule has 1 aromatic heterocycles. The van der Waals surface area contributed by atoms with Crippen molar-refractivity contribution in [1.29, 1.82) is 0 Å². The minimum atomic E-state index is -0.519. The molecule has 21 heavy (non-hydrogen) atoms. The Morgan fingerprint density at radius 3 is 2.71 bits per heavy atom. The molecule has 1 aliphatic heterocycles. The second-order valence-electron chi connectivity index (χ2n) is 5.99. The molecule has 6 heteroatoms. The van der Waals surface area contributed by atoms with Gasteiger partial charge in [-0.05, 0) is 42.9 Å². The Labute approximate surface area is 125 Å². The van der Waals surface area contributed by atoms with Crippen LogP contribution in [0.2, 0.25) is 0 Å². The Hall–Kier alpha value is -1.53. The number of rotatable bonds is 3. The summed E-state index contributed by atoms with van der Waals surface area (Å²) in [6, 6.07) is 3.81. The maximum atomic E-state index is 13.5. The second kappa shape index (κ2) is 4.24. The number of hydrogen-bond acceptors (Lipinski definition) is 2. The van der Waals surface area contributed by atoms with Crippen LogP contribution in [-0.4, -0.2) is 16.1 Å². The Kier molecular flexibility index (Phi) is 2.65. The minimum absolute atomic E-state index is 0.190. The molecule has 3 N–H and O–H groups in total. The summed E-state index contributed by atoms with van der Waals surface area (Å²) in [5, 5.41) is 0. The molecule has 0 unspecified atom stereocenters. The van der Waals surface area contributed by atoms with Crippen LogP contribution in [-0.2, 0) is 18.4 Å². The standard InChI is InChI=1S/C15H15F2N3S/c16-9-3-8(4-10(17)5-9)15-6-11(15)13-12(1-2-18)19-14(21)20(13)7-15/h3-5,11H,1-2,6-7,18H2,(H,19,21)/t11-,15+/m0/s1. The fourth-order valence-electron chi connectivity index (χ4n) is 3.80. The van der Waals surface area contributed by atoms with Gasteiger partial charge in [0.25, 0.3) is 0 Å². The van der Waals surface area contributed by atoms with Crippen LogP contribution in [0.25, 0.3) is 0 Å². The largest absolute Gasteiger partial charge is 0.334 e. The van der Waals surface area contributed by atoms with Crippen molar-refractivity contribution in [2.24, 2.45) is 5.73 Å². The number of H-pyrrole nitrogens is 1. The molecule has 0 radical (unpaired) electrons. The summed E-state index contributed by atoms with van der Waals surface area (Å²) in [6.07, 6.45) is 1.66. The van der Waals surface area contributed by atoms with Crippen molar-refractivity contribution >= 4 is 12.2 Å². The highest BCUT2D eigenvalue weighted by Gasteiger charge is 2.62. The molecule has 2 aromatic rings. The lowest BCUT2D eigenvalue weighted by Crippen LogP contribution is -2.13. The number of imidazole rings is 1. The molecule has 1 saturated carbocycles. The number of aromatic nitrogens is 2. The summed E-state index contributed by atoms with van der Waals surface area (Å²) in [4.78, 5) is 3.21. The van der Waals surface area contributed by atoms with Crippen LogP contribution < -0.4 is 5.73 Å². The Morgan fingerprint density at radius 1 is 1.33 bits per heavy atom. The summed E-state index contributed by atoms with van der Waals surface area (Å²) < 4.78 is 29.8. The van der Waals surface area contributed by atoms with Crippen molar-refractivity contribution in [1.82, 2.24) is 9.55 Å². The summed E-state index contributed by atoms with van der Waals surface area (Å²) >= 11 is 5.36. The highest BCUT2D eigenvalue weighted by atomic mass is 32.1. The van der Waals surface area contributed by atoms with E-state index < -0.39 is 11.6 Å². The third kappa shape index (κ3) is 1.75. The lowest BCUT2D eigenvalue weighted by molar-refractivity contribution is 0.548. The number of aromatic amines is 1. The van der Waals surface area contributed by atoms with Gasteiger partial charge in [0.1, 0.15) is 11.6 Å². The van der Waals surface area contributed by atoms with Gasteiger partial charge in [-0.3, -0.25) is 0 Å². The maximum absolute atomic E-state index is 13.5. The molecule has 0 bridgehead atoms. The van der Waals surface area contributed by atoms with Crippen molar-refractivity contribution in [3.63, 3.8) is 0 Å². The maximum Gasteiger partial charge on any atom is 0.177 e. The second-order valence-corrected chi connectivity index (χ2v) is 6.38. The number of halogens is 2. The molecule has 2 heterocycles. The first kappa shape index (κ1) is 13.2. The number of nitrogens with zero attached hydrogens (tertiary/aromatic N) is 1. The molecule has 2 aliphatic rings. The topological polar surface area (TPSA) is 46.7 Å². The number of nitrogens with one attached hydrogen (secondary N) is 1. The average molecular weight is 307 g/mol. The molecule has 110 valence electrons. The van der Waals surface area contributed by atoms with Crippen molar-refractivity contribution in [2.75, 3.05) is 6.54 Å². The van der Waals surface area contributed by atoms with Crippen LogP contribution in [0.4, 0.5) is 8.78 Å². The Bertz CT molecular complexity index is 774. The number of fused-ring (bicyclic) bond motifs is 3. The van der Waals surface area contributed by atoms with Gasteiger partial charge >= 0.3 is 0 Å². The number of benzene rings is 1. The minimum Gasteiger partial charge on any atom is -0.334 e. The molecule has 3 nitrogen and oxygen atoms in total. The van der Waals surface area contributed by atoms with Crippen molar-refractivity contribution in [3.8, 4) is 0 Å². The molecular formula is C15H15F2N3S. The normalized spacial score (nSPS) is 25.8. The number of hydrogen-bond donors (Lipinski definition) is 2. The predicted octanol–water partition coefficient (Wildman–Crippen LogP) is 2.76. The molecule has 1 aliphatic carbocycles. The zero-order valence-corrected chi connectivity index (χ0v) is 12.1. The van der Waals surface area contributed by atoms with E-state index in [1.54, 1.807) is 0 Å². The summed E-state index contributed by atoms with van der Waals surface area (Å²) in [7, 11) is 0. The van der Waals surface area contributed by atoms with Crippen molar-refractivity contribution in [3.05, 3.63) is 51.6 Å². The van der Waals surface area contributed by atoms with Gasteiger partial charge in [0.05, 0.1) is 0 Å². The van der Waals surface area contributed by atoms with Gasteiger partial charge in [0.15, 0.2) is 4.77 Å². The van der Waals surface area contributed by atoms with Crippen LogP contribution in [0, 0.1) is 16.4 Å². The first-order valence-corrected chi connectivity index (χ1v) is 7.44. The van der Waals surface area contributed by atoms with E-state index in [1.165, 1.54) is 17.8 Å². The molecule has 1 aromatic carbocycles. The summed E-state index contributed by atoms with van der Waals surface area (Å²) in [6.45, 7) is 1.24. The van der Waals surface area contributed by atoms with E-state index in [4.69, 9.17) is 18.0 Å². The molecule has 2 atom stereocenters. The lowest BCUT2D eigenvalue weighted by atomic mass is 9.94. The van der Waals surface area contributed by atoms with E-state index in [9.17, 15) is 8.78 Å².